The van der Waals surface area contributed by atoms with Crippen molar-refractivity contribution < 1.29 is 9.59 Å². The zero-order chi connectivity index (χ0) is 10.6. The summed E-state index contributed by atoms with van der Waals surface area (Å²) < 4.78 is 0. The fourth-order valence-corrected chi connectivity index (χ4v) is 3.38. The summed E-state index contributed by atoms with van der Waals surface area (Å²) >= 11 is 0. The summed E-state index contributed by atoms with van der Waals surface area (Å²) in [6, 6.07) is 0. The maximum absolute atomic E-state index is 12.1. The van der Waals surface area contributed by atoms with Gasteiger partial charge < -0.3 is 4.90 Å². The lowest BCUT2D eigenvalue weighted by molar-refractivity contribution is -0.134. The van der Waals surface area contributed by atoms with E-state index in [1.165, 1.54) is 0 Å². The number of carbonyl (C=O) groups excluding carboxylic acids is 2. The molecule has 1 amide bonds. The van der Waals surface area contributed by atoms with Crippen molar-refractivity contribution in [2.45, 2.75) is 13.3 Å². The van der Waals surface area contributed by atoms with Crippen molar-refractivity contribution in [1.29, 1.82) is 0 Å². The summed E-state index contributed by atoms with van der Waals surface area (Å²) in [5.74, 6) is 0.729. The SMILES string of the molecule is CCCN1CC2C3C=CC(C3=O)C2C1=O. The molecule has 80 valence electrons. The van der Waals surface area contributed by atoms with Crippen LogP contribution < -0.4 is 0 Å². The fourth-order valence-electron chi connectivity index (χ4n) is 3.38. The fraction of sp³-hybridized carbons (Fsp3) is 0.667. The van der Waals surface area contributed by atoms with Crippen LogP contribution in [-0.4, -0.2) is 29.7 Å². The third kappa shape index (κ3) is 1.01. The van der Waals surface area contributed by atoms with E-state index in [0.29, 0.717) is 0 Å². The number of hydrogen-bond acceptors (Lipinski definition) is 2. The van der Waals surface area contributed by atoms with Crippen molar-refractivity contribution in [1.82, 2.24) is 4.90 Å². The van der Waals surface area contributed by atoms with Crippen LogP contribution in [0.2, 0.25) is 0 Å². The number of rotatable bonds is 2. The molecule has 1 aliphatic heterocycles. The predicted molar refractivity (Wildman–Crippen MR) is 55.0 cm³/mol. The minimum absolute atomic E-state index is 0.0148. The molecule has 4 atom stereocenters. The van der Waals surface area contributed by atoms with Gasteiger partial charge in [-0.2, -0.15) is 0 Å². The lowest BCUT2D eigenvalue weighted by atomic mass is 9.86. The summed E-state index contributed by atoms with van der Waals surface area (Å²) in [4.78, 5) is 25.7. The number of hydrogen-bond donors (Lipinski definition) is 0. The van der Waals surface area contributed by atoms with Gasteiger partial charge in [0.15, 0.2) is 0 Å². The second kappa shape index (κ2) is 2.94. The quantitative estimate of drug-likeness (QED) is 0.627. The average Bonchev–Trinajstić information content (AvgIpc) is 2.81. The van der Waals surface area contributed by atoms with Crippen molar-refractivity contribution in [2.75, 3.05) is 13.1 Å². The minimum atomic E-state index is -0.0886. The molecule has 2 bridgehead atoms. The van der Waals surface area contributed by atoms with Gasteiger partial charge in [-0.3, -0.25) is 9.59 Å². The highest BCUT2D eigenvalue weighted by molar-refractivity contribution is 6.00. The van der Waals surface area contributed by atoms with Gasteiger partial charge in [0.05, 0.1) is 5.92 Å². The van der Waals surface area contributed by atoms with Crippen molar-refractivity contribution in [2.24, 2.45) is 23.7 Å². The molecule has 3 heteroatoms. The van der Waals surface area contributed by atoms with Crippen LogP contribution in [0.15, 0.2) is 12.2 Å². The first-order chi connectivity index (χ1) is 7.24. The number of amides is 1. The molecule has 0 radical (unpaired) electrons. The van der Waals surface area contributed by atoms with Gasteiger partial charge in [0.2, 0.25) is 5.91 Å². The van der Waals surface area contributed by atoms with Crippen molar-refractivity contribution >= 4 is 11.7 Å². The Morgan fingerprint density at radius 1 is 1.33 bits per heavy atom. The second-order valence-corrected chi connectivity index (χ2v) is 4.81. The topological polar surface area (TPSA) is 37.4 Å². The Labute approximate surface area is 89.1 Å². The molecule has 15 heavy (non-hydrogen) atoms. The largest absolute Gasteiger partial charge is 0.342 e. The van der Waals surface area contributed by atoms with E-state index in [1.54, 1.807) is 0 Å². The predicted octanol–water partition coefficient (Wildman–Crippen LogP) is 0.856. The van der Waals surface area contributed by atoms with E-state index in [-0.39, 0.29) is 35.4 Å². The molecule has 3 aliphatic rings. The molecular formula is C12H15NO2. The van der Waals surface area contributed by atoms with Crippen LogP contribution in [0.3, 0.4) is 0 Å². The summed E-state index contributed by atoms with van der Waals surface area (Å²) in [5, 5.41) is 0. The van der Waals surface area contributed by atoms with E-state index in [1.807, 2.05) is 17.1 Å². The van der Waals surface area contributed by atoms with E-state index >= 15 is 0 Å². The van der Waals surface area contributed by atoms with E-state index in [2.05, 4.69) is 6.92 Å². The van der Waals surface area contributed by atoms with E-state index < -0.39 is 0 Å². The van der Waals surface area contributed by atoms with Crippen LogP contribution in [0.25, 0.3) is 0 Å². The maximum Gasteiger partial charge on any atom is 0.227 e. The number of likely N-dealkylation sites (tertiary alicyclic amines) is 1. The van der Waals surface area contributed by atoms with E-state index in [0.717, 1.165) is 19.5 Å². The molecule has 1 heterocycles. The first kappa shape index (κ1) is 9.13. The number of fused-ring (bicyclic) bond motifs is 5. The number of allylic oxidation sites excluding steroid dienone is 2. The molecule has 1 saturated carbocycles. The van der Waals surface area contributed by atoms with Crippen molar-refractivity contribution in [3.63, 3.8) is 0 Å². The van der Waals surface area contributed by atoms with Gasteiger partial charge in [-0.05, 0) is 6.42 Å². The molecule has 3 nitrogen and oxygen atoms in total. The maximum atomic E-state index is 12.1. The zero-order valence-corrected chi connectivity index (χ0v) is 8.85. The monoisotopic (exact) mass is 205 g/mol. The molecule has 0 aromatic rings. The highest BCUT2D eigenvalue weighted by Gasteiger charge is 2.58. The smallest absolute Gasteiger partial charge is 0.227 e. The number of ketones is 1. The van der Waals surface area contributed by atoms with Gasteiger partial charge in [-0.15, -0.1) is 0 Å². The standard InChI is InChI=1S/C12H15NO2/c1-2-5-13-6-9-7-3-4-8(11(7)14)10(9)12(13)15/h3-4,7-10H,2,5-6H2,1H3. The normalized spacial score (nSPS) is 41.8. The van der Waals surface area contributed by atoms with Crippen molar-refractivity contribution in [3.8, 4) is 0 Å². The van der Waals surface area contributed by atoms with Gasteiger partial charge in [-0.25, -0.2) is 0 Å². The summed E-state index contributed by atoms with van der Waals surface area (Å²) in [6.45, 7) is 3.73. The van der Waals surface area contributed by atoms with Gasteiger partial charge in [0.25, 0.3) is 0 Å². The van der Waals surface area contributed by atoms with E-state index in [9.17, 15) is 9.59 Å². The first-order valence-corrected chi connectivity index (χ1v) is 5.75. The molecule has 3 rings (SSSR count). The van der Waals surface area contributed by atoms with Crippen LogP contribution in [0, 0.1) is 23.7 Å². The van der Waals surface area contributed by atoms with Crippen LogP contribution in [0.4, 0.5) is 0 Å². The van der Waals surface area contributed by atoms with Crippen LogP contribution in [0.5, 0.6) is 0 Å². The molecule has 0 spiro atoms. The Morgan fingerprint density at radius 3 is 2.73 bits per heavy atom. The second-order valence-electron chi connectivity index (χ2n) is 4.81. The van der Waals surface area contributed by atoms with Crippen molar-refractivity contribution in [3.05, 3.63) is 12.2 Å². The van der Waals surface area contributed by atoms with Gasteiger partial charge in [-0.1, -0.05) is 19.1 Å². The number of Topliss-reactive ketones (excluding diaryl/α,β-unsaturated/α-hetero) is 1. The zero-order valence-electron chi connectivity index (χ0n) is 8.85. The van der Waals surface area contributed by atoms with Crippen LogP contribution in [0.1, 0.15) is 13.3 Å². The summed E-state index contributed by atoms with van der Waals surface area (Å²) in [7, 11) is 0. The van der Waals surface area contributed by atoms with Crippen LogP contribution >= 0.6 is 0 Å². The minimum Gasteiger partial charge on any atom is -0.342 e. The molecule has 0 N–H and O–H groups in total. The van der Waals surface area contributed by atoms with E-state index in [4.69, 9.17) is 0 Å². The Kier molecular flexibility index (Phi) is 1.79. The Hall–Kier alpha value is -1.12. The lowest BCUT2D eigenvalue weighted by Gasteiger charge is -2.17. The van der Waals surface area contributed by atoms with Gasteiger partial charge in [0, 0.05) is 30.8 Å². The number of nitrogens with zero attached hydrogens (tertiary/aromatic N) is 1. The Balaban J connectivity index is 1.88. The molecule has 2 fully saturated rings. The van der Waals surface area contributed by atoms with Gasteiger partial charge >= 0.3 is 0 Å². The summed E-state index contributed by atoms with van der Waals surface area (Å²) in [6.07, 6.45) is 4.96. The Morgan fingerprint density at radius 2 is 2.07 bits per heavy atom. The number of carbonyl (C=O) groups is 2. The van der Waals surface area contributed by atoms with Crippen LogP contribution in [-0.2, 0) is 9.59 Å². The lowest BCUT2D eigenvalue weighted by Crippen LogP contribution is -2.31. The first-order valence-electron chi connectivity index (χ1n) is 5.75. The summed E-state index contributed by atoms with van der Waals surface area (Å²) in [5.41, 5.74) is 0. The molecule has 0 aromatic carbocycles. The Bertz CT molecular complexity index is 361. The molecule has 1 saturated heterocycles. The van der Waals surface area contributed by atoms with Gasteiger partial charge in [0.1, 0.15) is 5.78 Å². The highest BCUT2D eigenvalue weighted by Crippen LogP contribution is 2.49. The molecule has 0 aromatic heterocycles. The molecule has 4 unspecified atom stereocenters. The highest BCUT2D eigenvalue weighted by atomic mass is 16.2. The third-order valence-electron chi connectivity index (χ3n) is 4.01. The molecule has 2 aliphatic carbocycles. The average molecular weight is 205 g/mol. The third-order valence-corrected chi connectivity index (χ3v) is 4.01. The molecular weight excluding hydrogens is 190 g/mol.